The molecule has 2 nitrogen and oxygen atoms in total. The normalized spacial score (nSPS) is 23.8. The Kier molecular flexibility index (Phi) is 11.6. The fraction of sp³-hybridized carbons (Fsp3) is 0.750. The molecule has 1 aliphatic rings. The number of thioether (sulfide) groups is 2. The number of ether oxygens (including phenoxy) is 2. The summed E-state index contributed by atoms with van der Waals surface area (Å²) >= 11 is 3.43. The van der Waals surface area contributed by atoms with Gasteiger partial charge in [0.2, 0.25) is 0 Å². The zero-order valence-electron chi connectivity index (χ0n) is 12.4. The van der Waals surface area contributed by atoms with E-state index >= 15 is 0 Å². The molecule has 0 N–H and O–H groups in total. The second-order valence-corrected chi connectivity index (χ2v) is 7.03. The van der Waals surface area contributed by atoms with Crippen LogP contribution in [-0.2, 0) is 9.47 Å². The van der Waals surface area contributed by atoms with E-state index < -0.39 is 0 Å². The van der Waals surface area contributed by atoms with Crippen LogP contribution < -0.4 is 0 Å². The lowest BCUT2D eigenvalue weighted by Crippen LogP contribution is -2.34. The minimum atomic E-state index is 0.273. The second kappa shape index (κ2) is 12.8. The van der Waals surface area contributed by atoms with Crippen LogP contribution in [0.5, 0.6) is 0 Å². The van der Waals surface area contributed by atoms with E-state index in [0.717, 1.165) is 37.6 Å². The summed E-state index contributed by atoms with van der Waals surface area (Å²) in [4.78, 5) is 0. The summed E-state index contributed by atoms with van der Waals surface area (Å²) in [5.74, 6) is 1.97. The largest absolute Gasteiger partial charge is 0.375 e. The van der Waals surface area contributed by atoms with Gasteiger partial charge in [0.1, 0.15) is 0 Å². The monoisotopic (exact) mass is 316 g/mol. The van der Waals surface area contributed by atoms with E-state index in [-0.39, 0.29) is 12.2 Å². The first-order chi connectivity index (χ1) is 9.88. The van der Waals surface area contributed by atoms with Crippen molar-refractivity contribution in [3.05, 3.63) is 24.0 Å². The molecule has 2 atom stereocenters. The number of hydrogen-bond donors (Lipinski definition) is 0. The van der Waals surface area contributed by atoms with Crippen LogP contribution >= 0.6 is 23.5 Å². The highest BCUT2D eigenvalue weighted by Gasteiger charge is 2.23. The summed E-state index contributed by atoms with van der Waals surface area (Å²) < 4.78 is 12.1. The molecular formula is C16H28O2S2. The third-order valence-corrected chi connectivity index (χ3v) is 4.72. The average molecular weight is 317 g/mol. The van der Waals surface area contributed by atoms with E-state index in [1.807, 2.05) is 10.8 Å². The van der Waals surface area contributed by atoms with Crippen molar-refractivity contribution < 1.29 is 9.47 Å². The molecule has 116 valence electrons. The van der Waals surface area contributed by atoms with Crippen LogP contribution in [-0.4, -0.2) is 36.9 Å². The molecule has 0 bridgehead atoms. The van der Waals surface area contributed by atoms with Crippen molar-refractivity contribution in [3.63, 3.8) is 0 Å². The maximum Gasteiger partial charge on any atom is 0.0837 e. The van der Waals surface area contributed by atoms with E-state index in [4.69, 9.17) is 9.47 Å². The summed E-state index contributed by atoms with van der Waals surface area (Å²) in [5.41, 5.74) is 0. The van der Waals surface area contributed by atoms with Crippen molar-refractivity contribution in [1.82, 2.24) is 0 Å². The molecule has 0 heterocycles. The Morgan fingerprint density at radius 2 is 1.25 bits per heavy atom. The molecule has 0 saturated heterocycles. The zero-order chi connectivity index (χ0) is 14.5. The van der Waals surface area contributed by atoms with Crippen LogP contribution in [0, 0.1) is 0 Å². The van der Waals surface area contributed by atoms with Gasteiger partial charge in [-0.15, -0.1) is 23.5 Å². The van der Waals surface area contributed by atoms with E-state index in [9.17, 15) is 0 Å². The van der Waals surface area contributed by atoms with E-state index in [0.29, 0.717) is 0 Å². The van der Waals surface area contributed by atoms with Gasteiger partial charge in [-0.05, 0) is 23.7 Å². The van der Waals surface area contributed by atoms with Crippen molar-refractivity contribution in [1.29, 1.82) is 0 Å². The summed E-state index contributed by atoms with van der Waals surface area (Å²) in [6.45, 7) is 9.02. The van der Waals surface area contributed by atoms with Crippen molar-refractivity contribution in [3.8, 4) is 0 Å². The van der Waals surface area contributed by atoms with Gasteiger partial charge >= 0.3 is 0 Å². The van der Waals surface area contributed by atoms with Crippen molar-refractivity contribution in [2.24, 2.45) is 0 Å². The fourth-order valence-electron chi connectivity index (χ4n) is 2.46. The van der Waals surface area contributed by atoms with Gasteiger partial charge in [0, 0.05) is 11.5 Å². The highest BCUT2D eigenvalue weighted by molar-refractivity contribution is 8.02. The van der Waals surface area contributed by atoms with E-state index in [2.05, 4.69) is 13.2 Å². The van der Waals surface area contributed by atoms with Crippen LogP contribution in [0.4, 0.5) is 0 Å². The summed E-state index contributed by atoms with van der Waals surface area (Å²) in [6, 6.07) is 0. The van der Waals surface area contributed by atoms with Gasteiger partial charge in [0.15, 0.2) is 0 Å². The molecule has 1 saturated carbocycles. The molecule has 1 aliphatic carbocycles. The minimum absolute atomic E-state index is 0.273. The Bertz CT molecular complexity index is 233. The second-order valence-electron chi connectivity index (χ2n) is 4.88. The van der Waals surface area contributed by atoms with E-state index in [1.54, 1.807) is 23.5 Å². The molecule has 20 heavy (non-hydrogen) atoms. The van der Waals surface area contributed by atoms with Crippen molar-refractivity contribution >= 4 is 23.5 Å². The Hall–Kier alpha value is 0.1000. The molecule has 0 aromatic heterocycles. The molecule has 0 amide bonds. The molecule has 0 radical (unpaired) electrons. The lowest BCUT2D eigenvalue weighted by molar-refractivity contribution is -0.0760. The van der Waals surface area contributed by atoms with Gasteiger partial charge in [-0.2, -0.15) is 0 Å². The fourth-order valence-corrected chi connectivity index (χ4v) is 3.18. The molecule has 1 rings (SSSR count). The summed E-state index contributed by atoms with van der Waals surface area (Å²) in [6.07, 6.45) is 8.02. The Labute approximate surface area is 132 Å². The van der Waals surface area contributed by atoms with Crippen LogP contribution in [0.1, 0.15) is 38.5 Å². The predicted molar refractivity (Wildman–Crippen MR) is 92.5 cm³/mol. The van der Waals surface area contributed by atoms with Crippen LogP contribution in [0.2, 0.25) is 0 Å². The Morgan fingerprint density at radius 3 is 1.65 bits per heavy atom. The van der Waals surface area contributed by atoms with Crippen LogP contribution in [0.15, 0.2) is 24.0 Å². The number of rotatable bonds is 10. The van der Waals surface area contributed by atoms with Crippen LogP contribution in [0.25, 0.3) is 0 Å². The first-order valence-corrected chi connectivity index (χ1v) is 9.66. The van der Waals surface area contributed by atoms with Gasteiger partial charge in [-0.25, -0.2) is 0 Å². The Morgan fingerprint density at radius 1 is 0.800 bits per heavy atom. The Balaban J connectivity index is 2.34. The van der Waals surface area contributed by atoms with Crippen molar-refractivity contribution in [2.45, 2.75) is 50.7 Å². The topological polar surface area (TPSA) is 18.5 Å². The summed E-state index contributed by atoms with van der Waals surface area (Å²) in [5, 5.41) is 3.75. The lowest BCUT2D eigenvalue weighted by atomic mass is 9.96. The molecule has 0 aliphatic heterocycles. The van der Waals surface area contributed by atoms with Gasteiger partial charge < -0.3 is 9.47 Å². The molecule has 2 unspecified atom stereocenters. The van der Waals surface area contributed by atoms with Gasteiger partial charge in [-0.1, -0.05) is 38.8 Å². The van der Waals surface area contributed by atoms with Gasteiger partial charge in [0.05, 0.1) is 25.4 Å². The highest BCUT2D eigenvalue weighted by atomic mass is 32.2. The third-order valence-electron chi connectivity index (χ3n) is 3.44. The molecule has 0 aromatic rings. The maximum atomic E-state index is 6.07. The molecule has 0 aromatic carbocycles. The third kappa shape index (κ3) is 8.40. The predicted octanol–water partition coefficient (Wildman–Crippen LogP) is 4.86. The van der Waals surface area contributed by atoms with Gasteiger partial charge in [-0.3, -0.25) is 0 Å². The first-order valence-electron chi connectivity index (χ1n) is 7.56. The molecule has 4 heteroatoms. The lowest BCUT2D eigenvalue weighted by Gasteiger charge is -2.29. The number of hydrogen-bond acceptors (Lipinski definition) is 4. The van der Waals surface area contributed by atoms with Crippen molar-refractivity contribution in [2.75, 3.05) is 24.7 Å². The summed E-state index contributed by atoms with van der Waals surface area (Å²) in [7, 11) is 0. The quantitative estimate of drug-likeness (QED) is 0.535. The maximum absolute atomic E-state index is 6.07. The first kappa shape index (κ1) is 18.1. The molecular weight excluding hydrogens is 288 g/mol. The van der Waals surface area contributed by atoms with Gasteiger partial charge in [0.25, 0.3) is 0 Å². The van der Waals surface area contributed by atoms with Crippen LogP contribution in [0.3, 0.4) is 0 Å². The highest BCUT2D eigenvalue weighted by Crippen LogP contribution is 2.23. The smallest absolute Gasteiger partial charge is 0.0837 e. The van der Waals surface area contributed by atoms with E-state index in [1.165, 1.54) is 25.7 Å². The molecule has 0 spiro atoms. The molecule has 1 fully saturated rings. The standard InChI is InChI=1S/C16H28O2S2/c1-3-19-13-11-17-15-9-7-5-6-8-10-16(15)18-12-14-20-4-2/h3-4,15-16H,1-2,5-14H2. The SMILES string of the molecule is C=CSCCOC1CCCCCCC1OCCSC=C. The average Bonchev–Trinajstić information content (AvgIpc) is 2.44. The minimum Gasteiger partial charge on any atom is -0.375 e. The zero-order valence-corrected chi connectivity index (χ0v) is 14.1.